The molecule has 0 N–H and O–H groups in total. The molecule has 4 heterocycles. The van der Waals surface area contributed by atoms with Crippen molar-refractivity contribution in [2.75, 3.05) is 21.2 Å². The molecule has 4 aromatic heterocycles. The molecule has 1 atom stereocenters. The zero-order valence-corrected chi connectivity index (χ0v) is 20.5. The second-order valence-corrected chi connectivity index (χ2v) is 8.35. The van der Waals surface area contributed by atoms with Crippen molar-refractivity contribution in [3.63, 3.8) is 0 Å². The molecule has 0 aliphatic heterocycles. The molecule has 0 aliphatic rings. The minimum Gasteiger partial charge on any atom is -0.480 e. The maximum Gasteiger partial charge on any atom is 0.224 e. The van der Waals surface area contributed by atoms with Crippen molar-refractivity contribution >= 4 is 23.2 Å². The van der Waals surface area contributed by atoms with Gasteiger partial charge in [0, 0.05) is 32.1 Å². The summed E-state index contributed by atoms with van der Waals surface area (Å²) in [6, 6.07) is 9.78. The van der Waals surface area contributed by atoms with Crippen molar-refractivity contribution in [3.8, 4) is 22.7 Å². The number of benzene rings is 1. The molecule has 1 aromatic carbocycles. The average molecular weight is 483 g/mol. The summed E-state index contributed by atoms with van der Waals surface area (Å²) < 4.78 is 9.41. The van der Waals surface area contributed by atoms with Crippen LogP contribution in [0, 0.1) is 0 Å². The Labute approximate surface area is 208 Å². The second-order valence-electron chi connectivity index (χ2n) is 8.35. The molecule has 0 fully saturated rings. The van der Waals surface area contributed by atoms with Crippen LogP contribution in [-0.2, 0) is 0 Å². The number of aromatic nitrogens is 8. The fourth-order valence-electron chi connectivity index (χ4n) is 4.13. The normalized spacial score (nSPS) is 12.3. The van der Waals surface area contributed by atoms with Crippen LogP contribution in [0.15, 0.2) is 66.6 Å². The van der Waals surface area contributed by atoms with E-state index < -0.39 is 0 Å². The van der Waals surface area contributed by atoms with Gasteiger partial charge in [-0.1, -0.05) is 30.3 Å². The zero-order chi connectivity index (χ0) is 25.1. The second kappa shape index (κ2) is 9.90. The van der Waals surface area contributed by atoms with Gasteiger partial charge in [0.25, 0.3) is 0 Å². The van der Waals surface area contributed by atoms with E-state index >= 15 is 0 Å². The maximum atomic E-state index is 5.55. The molecule has 36 heavy (non-hydrogen) atoms. The third kappa shape index (κ3) is 4.26. The van der Waals surface area contributed by atoms with Crippen LogP contribution >= 0.6 is 0 Å². The van der Waals surface area contributed by atoms with Crippen LogP contribution in [0.3, 0.4) is 0 Å². The Balaban J connectivity index is 1.71. The number of hydrogen-bond donors (Lipinski definition) is 0. The number of rotatable bonds is 8. The summed E-state index contributed by atoms with van der Waals surface area (Å²) >= 11 is 0. The van der Waals surface area contributed by atoms with E-state index in [1.807, 2.05) is 61.7 Å². The molecule has 182 valence electrons. The Morgan fingerprint density at radius 2 is 1.89 bits per heavy atom. The van der Waals surface area contributed by atoms with Gasteiger partial charge < -0.3 is 14.2 Å². The van der Waals surface area contributed by atoms with E-state index in [1.165, 1.54) is 12.7 Å². The molecule has 5 rings (SSSR count). The average Bonchev–Trinajstić information content (AvgIpc) is 3.55. The summed E-state index contributed by atoms with van der Waals surface area (Å²) in [6.07, 6.45) is 11.2. The van der Waals surface area contributed by atoms with Crippen molar-refractivity contribution in [2.24, 2.45) is 4.99 Å². The lowest BCUT2D eigenvalue weighted by Gasteiger charge is -2.15. The molecule has 0 spiro atoms. The minimum absolute atomic E-state index is 0.130. The highest BCUT2D eigenvalue weighted by atomic mass is 16.5. The fourth-order valence-corrected chi connectivity index (χ4v) is 4.13. The van der Waals surface area contributed by atoms with Crippen molar-refractivity contribution in [2.45, 2.75) is 19.4 Å². The van der Waals surface area contributed by atoms with E-state index in [9.17, 15) is 0 Å². The van der Waals surface area contributed by atoms with Gasteiger partial charge in [-0.25, -0.2) is 29.6 Å². The van der Waals surface area contributed by atoms with E-state index in [2.05, 4.69) is 46.7 Å². The van der Waals surface area contributed by atoms with E-state index in [0.717, 1.165) is 40.0 Å². The Morgan fingerprint density at radius 1 is 1.06 bits per heavy atom. The highest BCUT2D eigenvalue weighted by Gasteiger charge is 2.25. The SMILES string of the molecule is CCC(c1cn(-c2ccccc2)nn1)n1cc(-c2cncnc2OC)c2c(N=CN(C)C)ncnc21. The van der Waals surface area contributed by atoms with Crippen LogP contribution in [0.4, 0.5) is 5.82 Å². The quantitative estimate of drug-likeness (QED) is 0.243. The van der Waals surface area contributed by atoms with Crippen molar-refractivity contribution in [1.82, 2.24) is 44.4 Å². The molecule has 0 bridgehead atoms. The van der Waals surface area contributed by atoms with Gasteiger partial charge >= 0.3 is 0 Å². The molecular formula is C25H26N10O. The van der Waals surface area contributed by atoms with Crippen LogP contribution < -0.4 is 4.74 Å². The predicted octanol–water partition coefficient (Wildman–Crippen LogP) is 3.70. The lowest BCUT2D eigenvalue weighted by Crippen LogP contribution is -2.10. The van der Waals surface area contributed by atoms with Gasteiger partial charge in [0.2, 0.25) is 5.88 Å². The Hall–Kier alpha value is -4.67. The molecule has 0 radical (unpaired) electrons. The molecule has 0 saturated carbocycles. The zero-order valence-electron chi connectivity index (χ0n) is 20.5. The summed E-state index contributed by atoms with van der Waals surface area (Å²) in [4.78, 5) is 24.1. The van der Waals surface area contributed by atoms with Crippen molar-refractivity contribution in [1.29, 1.82) is 0 Å². The molecule has 5 aromatic rings. The Morgan fingerprint density at radius 3 is 2.64 bits per heavy atom. The number of fused-ring (bicyclic) bond motifs is 1. The maximum absolute atomic E-state index is 5.55. The Kier molecular flexibility index (Phi) is 6.35. The standard InChI is InChI=1S/C25H26N10O/c1-5-21(20-13-35(32-31-20)17-9-7-6-8-10-17)34-12-19(18-11-26-14-29-25(18)36-4)22-23(30-16-33(2)3)27-15-28-24(22)34/h6-16,21H,5H2,1-4H3. The lowest BCUT2D eigenvalue weighted by molar-refractivity contribution is 0.398. The minimum atomic E-state index is -0.130. The third-order valence-corrected chi connectivity index (χ3v) is 5.76. The van der Waals surface area contributed by atoms with Crippen LogP contribution in [0.1, 0.15) is 25.1 Å². The van der Waals surface area contributed by atoms with Crippen molar-refractivity contribution in [3.05, 3.63) is 67.3 Å². The predicted molar refractivity (Wildman–Crippen MR) is 137 cm³/mol. The van der Waals surface area contributed by atoms with E-state index in [0.29, 0.717) is 11.7 Å². The number of nitrogens with zero attached hydrogens (tertiary/aromatic N) is 10. The molecule has 11 nitrogen and oxygen atoms in total. The fraction of sp³-hybridized carbons (Fsp3) is 0.240. The molecule has 0 aliphatic carbocycles. The molecule has 11 heteroatoms. The van der Waals surface area contributed by atoms with E-state index in [4.69, 9.17) is 4.74 Å². The first-order valence-corrected chi connectivity index (χ1v) is 11.5. The number of ether oxygens (including phenoxy) is 1. The molecule has 1 unspecified atom stereocenters. The van der Waals surface area contributed by atoms with Gasteiger partial charge in [-0.3, -0.25) is 0 Å². The summed E-state index contributed by atoms with van der Waals surface area (Å²) in [5.74, 6) is 0.995. The summed E-state index contributed by atoms with van der Waals surface area (Å²) in [5, 5.41) is 9.65. The first-order chi connectivity index (χ1) is 17.6. The lowest BCUT2D eigenvalue weighted by atomic mass is 10.1. The number of hydrogen-bond acceptors (Lipinski definition) is 8. The van der Waals surface area contributed by atoms with Crippen molar-refractivity contribution < 1.29 is 4.74 Å². The van der Waals surface area contributed by atoms with Crippen LogP contribution in [0.25, 0.3) is 27.8 Å². The van der Waals surface area contributed by atoms with Gasteiger partial charge in [0.05, 0.1) is 42.3 Å². The molecular weight excluding hydrogens is 456 g/mol. The third-order valence-electron chi connectivity index (χ3n) is 5.76. The largest absolute Gasteiger partial charge is 0.480 e. The van der Waals surface area contributed by atoms with E-state index in [-0.39, 0.29) is 6.04 Å². The summed E-state index contributed by atoms with van der Waals surface area (Å²) in [5.41, 5.74) is 4.03. The van der Waals surface area contributed by atoms with Gasteiger partial charge in [-0.2, -0.15) is 0 Å². The van der Waals surface area contributed by atoms with Gasteiger partial charge in [0.1, 0.15) is 24.0 Å². The van der Waals surface area contributed by atoms with Crippen LogP contribution in [0.5, 0.6) is 5.88 Å². The highest BCUT2D eigenvalue weighted by molar-refractivity contribution is 6.02. The van der Waals surface area contributed by atoms with Gasteiger partial charge in [-0.05, 0) is 18.6 Å². The highest BCUT2D eigenvalue weighted by Crippen LogP contribution is 2.40. The number of para-hydroxylation sites is 1. The first kappa shape index (κ1) is 23.1. The topological polar surface area (TPSA) is 112 Å². The van der Waals surface area contributed by atoms with E-state index in [1.54, 1.807) is 24.3 Å². The van der Waals surface area contributed by atoms with Crippen LogP contribution in [0.2, 0.25) is 0 Å². The van der Waals surface area contributed by atoms with Gasteiger partial charge in [0.15, 0.2) is 5.82 Å². The van der Waals surface area contributed by atoms with Gasteiger partial charge in [-0.15, -0.1) is 5.10 Å². The monoisotopic (exact) mass is 482 g/mol. The number of methoxy groups -OCH3 is 1. The Bertz CT molecular complexity index is 1510. The molecule has 0 amide bonds. The first-order valence-electron chi connectivity index (χ1n) is 11.5. The molecule has 0 saturated heterocycles. The smallest absolute Gasteiger partial charge is 0.224 e. The summed E-state index contributed by atoms with van der Waals surface area (Å²) in [6.45, 7) is 2.11. The summed E-state index contributed by atoms with van der Waals surface area (Å²) in [7, 11) is 5.40. The number of aliphatic imine (C=N–C) groups is 1. The van der Waals surface area contributed by atoms with Crippen LogP contribution in [-0.4, -0.2) is 71.9 Å².